The number of H-pyrrole nitrogens is 2. The molecule has 4 aromatic rings. The SMILES string of the molecule is COC(=O)NC(C(=O)N1CCC[C@H]1c1ncc(-c2ccc(-c3ccc(-c4cnc([C@@H]5C=CCN5C(=O)C(NC(=O)OC)C5CCCCC5)[nH]4)cc3)cc2)[nH]1)C(C)C. The number of methoxy groups -OCH3 is 2. The van der Waals surface area contributed by atoms with Gasteiger partial charge in [0, 0.05) is 13.1 Å². The molecule has 57 heavy (non-hydrogen) atoms. The molecule has 4 atom stereocenters. The average molecular weight is 777 g/mol. The molecule has 14 nitrogen and oxygen atoms in total. The maximum absolute atomic E-state index is 13.9. The lowest BCUT2D eigenvalue weighted by molar-refractivity contribution is -0.136. The Morgan fingerprint density at radius 3 is 1.86 bits per heavy atom. The molecule has 1 saturated carbocycles. The van der Waals surface area contributed by atoms with Crippen molar-refractivity contribution in [2.24, 2.45) is 11.8 Å². The van der Waals surface area contributed by atoms with Crippen LogP contribution in [0.15, 0.2) is 73.1 Å². The van der Waals surface area contributed by atoms with Crippen LogP contribution < -0.4 is 10.6 Å². The number of likely N-dealkylation sites (tertiary alicyclic amines) is 1. The van der Waals surface area contributed by atoms with Crippen LogP contribution in [0.5, 0.6) is 0 Å². The highest BCUT2D eigenvalue weighted by Gasteiger charge is 2.39. The zero-order chi connectivity index (χ0) is 40.1. The number of amides is 4. The average Bonchev–Trinajstić information content (AvgIpc) is 4.09. The summed E-state index contributed by atoms with van der Waals surface area (Å²) >= 11 is 0. The van der Waals surface area contributed by atoms with Crippen LogP contribution in [-0.4, -0.2) is 93.1 Å². The van der Waals surface area contributed by atoms with Gasteiger partial charge in [0.05, 0.1) is 44.0 Å². The lowest BCUT2D eigenvalue weighted by Gasteiger charge is -2.34. The molecule has 3 aliphatic rings. The number of ether oxygens (including phenoxy) is 2. The van der Waals surface area contributed by atoms with Crippen LogP contribution in [0.25, 0.3) is 33.6 Å². The van der Waals surface area contributed by atoms with Crippen LogP contribution in [-0.2, 0) is 19.1 Å². The number of nitrogens with one attached hydrogen (secondary N) is 4. The quantitative estimate of drug-likeness (QED) is 0.119. The monoisotopic (exact) mass is 776 g/mol. The smallest absolute Gasteiger partial charge is 0.407 e. The van der Waals surface area contributed by atoms with E-state index in [2.05, 4.69) is 67.0 Å². The van der Waals surface area contributed by atoms with E-state index in [1.165, 1.54) is 14.2 Å². The summed E-state index contributed by atoms with van der Waals surface area (Å²) in [5, 5.41) is 5.53. The van der Waals surface area contributed by atoms with Gasteiger partial charge in [0.25, 0.3) is 0 Å². The molecule has 4 amide bonds. The lowest BCUT2D eigenvalue weighted by atomic mass is 9.83. The second-order valence-corrected chi connectivity index (χ2v) is 15.4. The molecule has 1 saturated heterocycles. The van der Waals surface area contributed by atoms with E-state index in [1.807, 2.05) is 43.0 Å². The number of hydrogen-bond donors (Lipinski definition) is 4. The van der Waals surface area contributed by atoms with Crippen LogP contribution in [0.1, 0.15) is 82.5 Å². The summed E-state index contributed by atoms with van der Waals surface area (Å²) in [5.41, 5.74) is 5.75. The fraction of sp³-hybridized carbons (Fsp3) is 0.442. The van der Waals surface area contributed by atoms with Crippen molar-refractivity contribution in [2.75, 3.05) is 27.3 Å². The molecule has 4 heterocycles. The van der Waals surface area contributed by atoms with E-state index in [1.54, 1.807) is 17.3 Å². The van der Waals surface area contributed by atoms with Crippen molar-refractivity contribution < 1.29 is 28.7 Å². The van der Waals surface area contributed by atoms with E-state index < -0.39 is 24.3 Å². The third kappa shape index (κ3) is 8.59. The number of imidazole rings is 2. The first-order valence-electron chi connectivity index (χ1n) is 19.9. The topological polar surface area (TPSA) is 175 Å². The van der Waals surface area contributed by atoms with Crippen molar-refractivity contribution in [1.29, 1.82) is 0 Å². The first-order chi connectivity index (χ1) is 27.6. The summed E-state index contributed by atoms with van der Waals surface area (Å²) in [7, 11) is 2.61. The third-order valence-corrected chi connectivity index (χ3v) is 11.5. The first-order valence-corrected chi connectivity index (χ1v) is 19.9. The van der Waals surface area contributed by atoms with Crippen LogP contribution in [0.2, 0.25) is 0 Å². The number of benzene rings is 2. The van der Waals surface area contributed by atoms with Crippen molar-refractivity contribution in [2.45, 2.75) is 83.0 Å². The van der Waals surface area contributed by atoms with Crippen molar-refractivity contribution in [3.63, 3.8) is 0 Å². The Labute approximate surface area is 332 Å². The molecule has 2 aromatic heterocycles. The zero-order valence-corrected chi connectivity index (χ0v) is 33.0. The number of rotatable bonds is 11. The fourth-order valence-corrected chi connectivity index (χ4v) is 8.36. The van der Waals surface area contributed by atoms with E-state index >= 15 is 0 Å². The van der Waals surface area contributed by atoms with E-state index in [0.29, 0.717) is 18.9 Å². The van der Waals surface area contributed by atoms with Gasteiger partial charge in [-0.15, -0.1) is 0 Å². The summed E-state index contributed by atoms with van der Waals surface area (Å²) in [6.07, 6.45) is 13.0. The number of aromatic amines is 2. The van der Waals surface area contributed by atoms with Crippen molar-refractivity contribution in [3.8, 4) is 33.6 Å². The zero-order valence-electron chi connectivity index (χ0n) is 33.0. The molecule has 14 heteroatoms. The van der Waals surface area contributed by atoms with Gasteiger partial charge in [-0.25, -0.2) is 19.6 Å². The molecule has 4 N–H and O–H groups in total. The molecule has 0 spiro atoms. The standard InChI is InChI=1S/C43H52N8O6/c1-26(2)36(48-42(54)56-3)40(52)50-22-8-12-34(50)38-44-24-32(46-38)29-18-14-27(15-19-29)28-16-20-30(21-17-28)33-25-45-39(47-33)35-13-9-23-51(35)41(53)37(49-43(55)57-4)31-10-6-5-7-11-31/h9,13-21,24-26,31,34-37H,5-8,10-12,22-23H2,1-4H3,(H,44,46)(H,45,47)(H,48,54)(H,49,55)/t34-,35-,36?,37?/m0/s1. The first kappa shape index (κ1) is 39.3. The molecule has 0 radical (unpaired) electrons. The molecule has 0 bridgehead atoms. The second kappa shape index (κ2) is 17.5. The summed E-state index contributed by atoms with van der Waals surface area (Å²) in [6.45, 7) is 4.84. The van der Waals surface area contributed by atoms with Gasteiger partial charge in [-0.2, -0.15) is 0 Å². The molecule has 300 valence electrons. The normalized spacial score (nSPS) is 19.4. The van der Waals surface area contributed by atoms with Gasteiger partial charge < -0.3 is 39.9 Å². The van der Waals surface area contributed by atoms with E-state index in [9.17, 15) is 19.2 Å². The molecular weight excluding hydrogens is 725 g/mol. The summed E-state index contributed by atoms with van der Waals surface area (Å²) in [5.74, 6) is 1.09. The minimum Gasteiger partial charge on any atom is -0.453 e. The predicted molar refractivity (Wildman–Crippen MR) is 214 cm³/mol. The minimum absolute atomic E-state index is 0.0706. The van der Waals surface area contributed by atoms with E-state index in [4.69, 9.17) is 9.47 Å². The van der Waals surface area contributed by atoms with Gasteiger partial charge in [-0.05, 0) is 59.8 Å². The number of nitrogens with zero attached hydrogens (tertiary/aromatic N) is 4. The highest BCUT2D eigenvalue weighted by molar-refractivity contribution is 5.87. The van der Waals surface area contributed by atoms with Crippen LogP contribution in [0.4, 0.5) is 9.59 Å². The van der Waals surface area contributed by atoms with Gasteiger partial charge >= 0.3 is 12.2 Å². The Bertz CT molecular complexity index is 2070. The summed E-state index contributed by atoms with van der Waals surface area (Å²) in [4.78, 5) is 71.5. The van der Waals surface area contributed by atoms with Gasteiger partial charge in [-0.1, -0.05) is 93.8 Å². The predicted octanol–water partition coefficient (Wildman–Crippen LogP) is 6.92. The van der Waals surface area contributed by atoms with E-state index in [0.717, 1.165) is 84.4 Å². The van der Waals surface area contributed by atoms with Crippen LogP contribution >= 0.6 is 0 Å². The number of carbonyl (C=O) groups excluding carboxylic acids is 4. The second-order valence-electron chi connectivity index (χ2n) is 15.4. The Morgan fingerprint density at radius 1 is 0.702 bits per heavy atom. The lowest BCUT2D eigenvalue weighted by Crippen LogP contribution is -2.52. The molecule has 2 aromatic carbocycles. The van der Waals surface area contributed by atoms with Gasteiger partial charge in [0.2, 0.25) is 11.8 Å². The highest BCUT2D eigenvalue weighted by Crippen LogP contribution is 2.35. The van der Waals surface area contributed by atoms with Crippen molar-refractivity contribution >= 4 is 24.0 Å². The van der Waals surface area contributed by atoms with Gasteiger partial charge in [0.15, 0.2) is 0 Å². The Morgan fingerprint density at radius 2 is 1.26 bits per heavy atom. The molecule has 7 rings (SSSR count). The number of carbonyl (C=O) groups is 4. The number of alkyl carbamates (subject to hydrolysis) is 2. The van der Waals surface area contributed by atoms with Crippen molar-refractivity contribution in [3.05, 3.63) is 84.7 Å². The Balaban J connectivity index is 1.00. The Kier molecular flexibility index (Phi) is 12.1. The van der Waals surface area contributed by atoms with E-state index in [-0.39, 0.29) is 35.7 Å². The molecule has 2 fully saturated rings. The molecule has 2 unspecified atom stereocenters. The van der Waals surface area contributed by atoms with Crippen molar-refractivity contribution in [1.82, 2.24) is 40.4 Å². The Hall–Kier alpha value is -5.92. The largest absolute Gasteiger partial charge is 0.453 e. The highest BCUT2D eigenvalue weighted by atomic mass is 16.5. The van der Waals surface area contributed by atoms with Gasteiger partial charge in [-0.3, -0.25) is 9.59 Å². The molecule has 1 aliphatic carbocycles. The fourth-order valence-electron chi connectivity index (χ4n) is 8.36. The molecule has 2 aliphatic heterocycles. The summed E-state index contributed by atoms with van der Waals surface area (Å²) in [6, 6.07) is 14.6. The number of aromatic nitrogens is 4. The van der Waals surface area contributed by atoms with Gasteiger partial charge in [0.1, 0.15) is 29.8 Å². The maximum atomic E-state index is 13.9. The minimum atomic E-state index is -0.688. The maximum Gasteiger partial charge on any atom is 0.407 e. The molecular formula is C43H52N8O6. The van der Waals surface area contributed by atoms with Crippen LogP contribution in [0, 0.1) is 11.8 Å². The third-order valence-electron chi connectivity index (χ3n) is 11.5. The number of hydrogen-bond acceptors (Lipinski definition) is 8. The summed E-state index contributed by atoms with van der Waals surface area (Å²) < 4.78 is 9.63. The van der Waals surface area contributed by atoms with Crippen LogP contribution in [0.3, 0.4) is 0 Å².